The predicted molar refractivity (Wildman–Crippen MR) is 118 cm³/mol. The minimum absolute atomic E-state index is 0.280. The second-order valence-electron chi connectivity index (χ2n) is 7.69. The van der Waals surface area contributed by atoms with Crippen LogP contribution in [0.4, 0.5) is 8.78 Å². The minimum Gasteiger partial charge on any atom is -0.343 e. The molecule has 3 heterocycles. The van der Waals surface area contributed by atoms with Crippen molar-refractivity contribution in [2.75, 3.05) is 13.1 Å². The zero-order valence-electron chi connectivity index (χ0n) is 17.4. The first kappa shape index (κ1) is 22.0. The summed E-state index contributed by atoms with van der Waals surface area (Å²) in [6, 6.07) is 9.77. The van der Waals surface area contributed by atoms with Crippen LogP contribution >= 0.6 is 0 Å². The van der Waals surface area contributed by atoms with E-state index in [1.807, 2.05) is 30.3 Å². The Morgan fingerprint density at radius 1 is 1.15 bits per heavy atom. The quantitative estimate of drug-likeness (QED) is 0.647. The molecule has 33 heavy (non-hydrogen) atoms. The lowest BCUT2D eigenvalue weighted by Gasteiger charge is -2.19. The van der Waals surface area contributed by atoms with Crippen LogP contribution in [0, 0.1) is 11.3 Å². The normalized spacial score (nSPS) is 17.2. The van der Waals surface area contributed by atoms with Gasteiger partial charge >= 0.3 is 0 Å². The molecule has 1 aliphatic heterocycles. The number of amides is 2. The van der Waals surface area contributed by atoms with E-state index in [2.05, 4.69) is 15.3 Å². The standard InChI is InChI=1S/C24H19F2N5O2/c25-24(26)10-20(11-27)31(15-24)22(32)14-30-23(33)21-6-8-29-13-19(21)4-2-16-1-3-18-12-28-7-5-17(18)9-16/h1-9,12-13,20H,10,14-15H2,(H,30,33)/b4-2+/t20-/m0/s1. The molecular weight excluding hydrogens is 428 g/mol. The molecule has 166 valence electrons. The van der Waals surface area contributed by atoms with Gasteiger partial charge in [-0.15, -0.1) is 0 Å². The third kappa shape index (κ3) is 5.01. The first-order valence-corrected chi connectivity index (χ1v) is 10.2. The molecule has 0 aliphatic carbocycles. The number of rotatable bonds is 5. The number of nitrogens with one attached hydrogen (secondary N) is 1. The van der Waals surface area contributed by atoms with E-state index in [4.69, 9.17) is 5.26 Å². The molecule has 0 unspecified atom stereocenters. The number of carbonyl (C=O) groups is 2. The van der Waals surface area contributed by atoms with Crippen molar-refractivity contribution < 1.29 is 18.4 Å². The molecule has 1 aliphatic rings. The summed E-state index contributed by atoms with van der Waals surface area (Å²) in [5.74, 6) is -4.39. The third-order valence-corrected chi connectivity index (χ3v) is 5.36. The molecule has 1 aromatic carbocycles. The van der Waals surface area contributed by atoms with Crippen LogP contribution in [-0.2, 0) is 4.79 Å². The molecule has 0 spiro atoms. The highest BCUT2D eigenvalue weighted by Gasteiger charge is 2.47. The first-order chi connectivity index (χ1) is 15.9. The Hall–Kier alpha value is -4.19. The van der Waals surface area contributed by atoms with Crippen LogP contribution in [0.1, 0.15) is 27.9 Å². The smallest absolute Gasteiger partial charge is 0.268 e. The second-order valence-corrected chi connectivity index (χ2v) is 7.69. The summed E-state index contributed by atoms with van der Waals surface area (Å²) >= 11 is 0. The number of hydrogen-bond acceptors (Lipinski definition) is 5. The van der Waals surface area contributed by atoms with Crippen molar-refractivity contribution in [3.05, 3.63) is 71.8 Å². The molecule has 0 radical (unpaired) electrons. The number of halogens is 2. The molecule has 1 atom stereocenters. The van der Waals surface area contributed by atoms with Gasteiger partial charge in [-0.05, 0) is 29.1 Å². The number of carbonyl (C=O) groups excluding carboxylic acids is 2. The topological polar surface area (TPSA) is 99.0 Å². The van der Waals surface area contributed by atoms with Crippen LogP contribution in [0.15, 0.2) is 55.1 Å². The molecule has 9 heteroatoms. The van der Waals surface area contributed by atoms with Gasteiger partial charge in [-0.1, -0.05) is 24.3 Å². The summed E-state index contributed by atoms with van der Waals surface area (Å²) in [6.07, 6.45) is 9.32. The van der Waals surface area contributed by atoms with Crippen molar-refractivity contribution in [3.63, 3.8) is 0 Å². The molecule has 3 aromatic rings. The van der Waals surface area contributed by atoms with E-state index in [-0.39, 0.29) is 5.56 Å². The fraction of sp³-hybridized carbons (Fsp3) is 0.208. The Bertz CT molecular complexity index is 1290. The third-order valence-electron chi connectivity index (χ3n) is 5.36. The number of likely N-dealkylation sites (tertiary alicyclic amines) is 1. The zero-order valence-corrected chi connectivity index (χ0v) is 17.4. The Kier molecular flexibility index (Phi) is 6.09. The maximum Gasteiger partial charge on any atom is 0.268 e. The van der Waals surface area contributed by atoms with Gasteiger partial charge in [0, 0.05) is 47.7 Å². The van der Waals surface area contributed by atoms with Crippen LogP contribution in [0.3, 0.4) is 0 Å². The number of fused-ring (bicyclic) bond motifs is 1. The maximum atomic E-state index is 13.6. The van der Waals surface area contributed by atoms with E-state index in [1.165, 1.54) is 18.5 Å². The van der Waals surface area contributed by atoms with Crippen LogP contribution in [0.5, 0.6) is 0 Å². The number of nitrogens with zero attached hydrogens (tertiary/aromatic N) is 4. The second kappa shape index (κ2) is 9.12. The number of aromatic nitrogens is 2. The van der Waals surface area contributed by atoms with Crippen LogP contribution < -0.4 is 5.32 Å². The monoisotopic (exact) mass is 447 g/mol. The Labute approximate surface area is 188 Å². The number of benzene rings is 1. The van der Waals surface area contributed by atoms with Gasteiger partial charge in [0.05, 0.1) is 19.2 Å². The highest BCUT2D eigenvalue weighted by molar-refractivity contribution is 6.00. The fourth-order valence-electron chi connectivity index (χ4n) is 3.68. The lowest BCUT2D eigenvalue weighted by Crippen LogP contribution is -2.43. The summed E-state index contributed by atoms with van der Waals surface area (Å²) < 4.78 is 27.1. The van der Waals surface area contributed by atoms with Crippen LogP contribution in [0.25, 0.3) is 22.9 Å². The number of hydrogen-bond donors (Lipinski definition) is 1. The van der Waals surface area contributed by atoms with Gasteiger partial charge in [0.2, 0.25) is 5.91 Å². The van der Waals surface area contributed by atoms with Gasteiger partial charge in [-0.25, -0.2) is 8.78 Å². The summed E-state index contributed by atoms with van der Waals surface area (Å²) in [7, 11) is 0. The van der Waals surface area contributed by atoms with Crippen molar-refractivity contribution in [2.45, 2.75) is 18.4 Å². The molecule has 1 fully saturated rings. The summed E-state index contributed by atoms with van der Waals surface area (Å²) in [4.78, 5) is 34.0. The average molecular weight is 447 g/mol. The molecule has 2 aromatic heterocycles. The maximum absolute atomic E-state index is 13.6. The molecule has 1 N–H and O–H groups in total. The number of pyridine rings is 2. The van der Waals surface area contributed by atoms with Crippen molar-refractivity contribution >= 4 is 34.7 Å². The molecule has 1 saturated heterocycles. The van der Waals surface area contributed by atoms with E-state index >= 15 is 0 Å². The van der Waals surface area contributed by atoms with Crippen molar-refractivity contribution in [3.8, 4) is 6.07 Å². The van der Waals surface area contributed by atoms with E-state index in [1.54, 1.807) is 24.5 Å². The van der Waals surface area contributed by atoms with Crippen molar-refractivity contribution in [1.82, 2.24) is 20.2 Å². The highest BCUT2D eigenvalue weighted by atomic mass is 19.3. The SMILES string of the molecule is N#C[C@@H]1CC(F)(F)CN1C(=O)CNC(=O)c1ccncc1/C=C/c1ccc2cnccc2c1. The summed E-state index contributed by atoms with van der Waals surface area (Å²) in [5, 5.41) is 13.5. The van der Waals surface area contributed by atoms with Gasteiger partial charge in [-0.2, -0.15) is 5.26 Å². The number of alkyl halides is 2. The van der Waals surface area contributed by atoms with Gasteiger partial charge in [0.15, 0.2) is 0 Å². The molecule has 4 rings (SSSR count). The van der Waals surface area contributed by atoms with Crippen LogP contribution in [-0.4, -0.2) is 51.7 Å². The molecular formula is C24H19F2N5O2. The Morgan fingerprint density at radius 2 is 1.94 bits per heavy atom. The average Bonchev–Trinajstić information content (AvgIpc) is 3.15. The van der Waals surface area contributed by atoms with Crippen LogP contribution in [0.2, 0.25) is 0 Å². The molecule has 7 nitrogen and oxygen atoms in total. The fourth-order valence-corrected chi connectivity index (χ4v) is 3.68. The van der Waals surface area contributed by atoms with Gasteiger partial charge in [0.1, 0.15) is 6.04 Å². The van der Waals surface area contributed by atoms with Gasteiger partial charge < -0.3 is 10.2 Å². The van der Waals surface area contributed by atoms with E-state index in [0.717, 1.165) is 21.2 Å². The van der Waals surface area contributed by atoms with E-state index < -0.39 is 43.3 Å². The highest BCUT2D eigenvalue weighted by Crippen LogP contribution is 2.31. The lowest BCUT2D eigenvalue weighted by molar-refractivity contribution is -0.131. The molecule has 0 bridgehead atoms. The Morgan fingerprint density at radius 3 is 2.76 bits per heavy atom. The molecule has 2 amide bonds. The first-order valence-electron chi connectivity index (χ1n) is 10.2. The zero-order chi connectivity index (χ0) is 23.4. The van der Waals surface area contributed by atoms with Gasteiger partial charge in [-0.3, -0.25) is 19.6 Å². The summed E-state index contributed by atoms with van der Waals surface area (Å²) in [6.45, 7) is -1.32. The summed E-state index contributed by atoms with van der Waals surface area (Å²) in [5.41, 5.74) is 1.72. The van der Waals surface area contributed by atoms with E-state index in [9.17, 15) is 18.4 Å². The number of nitriles is 1. The largest absolute Gasteiger partial charge is 0.343 e. The van der Waals surface area contributed by atoms with Crippen molar-refractivity contribution in [1.29, 1.82) is 5.26 Å². The Balaban J connectivity index is 1.45. The predicted octanol–water partition coefficient (Wildman–Crippen LogP) is 3.29. The minimum atomic E-state index is -3.11. The van der Waals surface area contributed by atoms with Crippen molar-refractivity contribution in [2.24, 2.45) is 0 Å². The lowest BCUT2D eigenvalue weighted by atomic mass is 10.1. The van der Waals surface area contributed by atoms with Gasteiger partial charge in [0.25, 0.3) is 11.8 Å². The van der Waals surface area contributed by atoms with E-state index in [0.29, 0.717) is 5.56 Å². The molecule has 0 saturated carbocycles.